The van der Waals surface area contributed by atoms with E-state index in [1.165, 1.54) is 31.4 Å². The van der Waals surface area contributed by atoms with E-state index in [0.29, 0.717) is 0 Å². The molecule has 15 atom stereocenters. The van der Waals surface area contributed by atoms with Crippen LogP contribution in [0.1, 0.15) is 76.1 Å². The highest BCUT2D eigenvalue weighted by atomic mass is 16.8. The van der Waals surface area contributed by atoms with Gasteiger partial charge in [0.15, 0.2) is 67.7 Å². The number of fused-ring (bicyclic) bond motifs is 1. The van der Waals surface area contributed by atoms with Crippen LogP contribution in [0.3, 0.4) is 0 Å². The smallest absolute Gasteiger partial charge is 0.338 e. The summed E-state index contributed by atoms with van der Waals surface area (Å²) in [5.74, 6) is -9.95. The van der Waals surface area contributed by atoms with Gasteiger partial charge in [-0.05, 0) is 24.3 Å². The van der Waals surface area contributed by atoms with Crippen LogP contribution >= 0.6 is 0 Å². The minimum absolute atomic E-state index is 0.0606. The Morgan fingerprint density at radius 3 is 1.52 bits per heavy atom. The van der Waals surface area contributed by atoms with E-state index in [0.717, 1.165) is 55.4 Å². The SMILES string of the molecule is CO[C@H]1O[C@@H]2CO[C@H]([C@@H](OC(C)=O)[C@H](OC(C)=O)[C@@H](O[C@H]3O[C@H](COC(C)=O)[C@@H](OC(C)=O)[C@H](OC(C)=O)[C@H]3OC(C)=O)[C@H](COC(C)=O)OC(C)=O)O[C@H]2[C@H](OC(=O)c2ccccc2)[C@H]1OC(=O)c1ccccc1. The maximum absolute atomic E-state index is 13.9. The van der Waals surface area contributed by atoms with Crippen molar-refractivity contribution in [3.8, 4) is 0 Å². The highest BCUT2D eigenvalue weighted by molar-refractivity contribution is 5.90. The molecule has 3 saturated heterocycles. The zero-order valence-corrected chi connectivity index (χ0v) is 42.2. The van der Waals surface area contributed by atoms with Crippen LogP contribution in [0.4, 0.5) is 0 Å². The molecule has 26 heteroatoms. The Balaban J connectivity index is 1.68. The molecule has 2 aromatic rings. The maximum atomic E-state index is 13.9. The standard InChI is InChI=1S/C49H58O26/c1-23(50)61-20-33(64-25(3)52)37(75-49-44(69-30(8)57)39(66-27(5)54)36(65-26(4)53)34(71-49)21-62-24(2)51)40(67-28(6)55)43(68-29(7)56)48-63-22-35-38(74-48)41(72-45(58)31-16-12-10-13-17-31)42(47(60-9)70-35)73-46(59)32-18-14-11-15-19-32/h10-19,33-44,47-49H,20-22H2,1-9H3/t33-,34+,35+,36+,37-,38+,39-,40+,41-,42+,43-,44+,47-,48-,49+/m0/s1. The second-order valence-electron chi connectivity index (χ2n) is 16.8. The molecule has 0 amide bonds. The third-order valence-electron chi connectivity index (χ3n) is 10.9. The van der Waals surface area contributed by atoms with Crippen LogP contribution in [0.25, 0.3) is 0 Å². The van der Waals surface area contributed by atoms with Gasteiger partial charge >= 0.3 is 59.7 Å². The lowest BCUT2D eigenvalue weighted by atomic mass is 9.95. The topological polar surface area (TPSA) is 318 Å². The molecule has 0 radical (unpaired) electrons. The van der Waals surface area contributed by atoms with Crippen molar-refractivity contribution < 1.29 is 124 Å². The molecule has 0 saturated carbocycles. The Morgan fingerprint density at radius 1 is 0.507 bits per heavy atom. The molecule has 0 spiro atoms. The second-order valence-corrected chi connectivity index (χ2v) is 16.8. The monoisotopic (exact) mass is 1060 g/mol. The van der Waals surface area contributed by atoms with Gasteiger partial charge in [-0.1, -0.05) is 36.4 Å². The van der Waals surface area contributed by atoms with Crippen molar-refractivity contribution in [3.63, 3.8) is 0 Å². The van der Waals surface area contributed by atoms with Crippen molar-refractivity contribution in [1.82, 2.24) is 0 Å². The summed E-state index contributed by atoms with van der Waals surface area (Å²) in [5.41, 5.74) is 0.150. The molecule has 3 aliphatic rings. The highest BCUT2D eigenvalue weighted by Crippen LogP contribution is 2.38. The molecule has 5 rings (SSSR count). The summed E-state index contributed by atoms with van der Waals surface area (Å²) in [4.78, 5) is 130. The van der Waals surface area contributed by atoms with E-state index in [-0.39, 0.29) is 11.1 Å². The zero-order chi connectivity index (χ0) is 55.1. The maximum Gasteiger partial charge on any atom is 0.338 e. The van der Waals surface area contributed by atoms with Gasteiger partial charge in [0.1, 0.15) is 37.6 Å². The van der Waals surface area contributed by atoms with Crippen molar-refractivity contribution in [3.05, 3.63) is 71.8 Å². The molecule has 3 heterocycles. The third kappa shape index (κ3) is 16.7. The summed E-state index contributed by atoms with van der Waals surface area (Å²) in [6.07, 6.45) is -27.0. The molecule has 0 N–H and O–H groups in total. The van der Waals surface area contributed by atoms with Crippen LogP contribution in [-0.4, -0.2) is 179 Å². The van der Waals surface area contributed by atoms with Gasteiger partial charge in [0.25, 0.3) is 0 Å². The summed E-state index contributed by atoms with van der Waals surface area (Å²) < 4.78 is 93.4. The van der Waals surface area contributed by atoms with Crippen molar-refractivity contribution in [1.29, 1.82) is 0 Å². The molecule has 0 aromatic heterocycles. The van der Waals surface area contributed by atoms with Crippen LogP contribution < -0.4 is 0 Å². The van der Waals surface area contributed by atoms with Crippen molar-refractivity contribution in [2.75, 3.05) is 26.9 Å². The van der Waals surface area contributed by atoms with Gasteiger partial charge in [0.2, 0.25) is 0 Å². The molecular weight excluding hydrogens is 1000 g/mol. The number of hydrogen-bond donors (Lipinski definition) is 0. The van der Waals surface area contributed by atoms with Crippen LogP contribution in [0.2, 0.25) is 0 Å². The first-order valence-corrected chi connectivity index (χ1v) is 23.1. The fourth-order valence-electron chi connectivity index (χ4n) is 8.13. The minimum Gasteiger partial charge on any atom is -0.463 e. The summed E-state index contributed by atoms with van der Waals surface area (Å²) in [6.45, 7) is 5.58. The average Bonchev–Trinajstić information content (AvgIpc) is 3.34. The first kappa shape index (κ1) is 58.8. The van der Waals surface area contributed by atoms with Gasteiger partial charge in [0.05, 0.1) is 17.7 Å². The molecule has 2 aromatic carbocycles. The Kier molecular flexibility index (Phi) is 21.5. The number of benzene rings is 2. The molecule has 410 valence electrons. The van der Waals surface area contributed by atoms with Crippen LogP contribution in [-0.2, 0) is 114 Å². The quantitative estimate of drug-likeness (QED) is 0.126. The first-order valence-electron chi connectivity index (χ1n) is 23.1. The summed E-state index contributed by atoms with van der Waals surface area (Å²) in [7, 11) is 1.24. The number of carbonyl (C=O) groups is 10. The molecule has 0 unspecified atom stereocenters. The number of carbonyl (C=O) groups excluding carboxylic acids is 10. The predicted molar refractivity (Wildman–Crippen MR) is 242 cm³/mol. The first-order chi connectivity index (χ1) is 35.6. The zero-order valence-electron chi connectivity index (χ0n) is 42.2. The van der Waals surface area contributed by atoms with E-state index in [4.69, 9.17) is 75.8 Å². The molecule has 3 aliphatic heterocycles. The highest BCUT2D eigenvalue weighted by Gasteiger charge is 2.59. The molecule has 75 heavy (non-hydrogen) atoms. The molecule has 3 fully saturated rings. The van der Waals surface area contributed by atoms with Crippen LogP contribution in [0.15, 0.2) is 60.7 Å². The van der Waals surface area contributed by atoms with Gasteiger partial charge in [-0.15, -0.1) is 0 Å². The fourth-order valence-corrected chi connectivity index (χ4v) is 8.13. The number of rotatable bonds is 21. The summed E-state index contributed by atoms with van der Waals surface area (Å²) in [5, 5.41) is 0. The Morgan fingerprint density at radius 2 is 1.01 bits per heavy atom. The molecule has 0 aliphatic carbocycles. The van der Waals surface area contributed by atoms with E-state index in [9.17, 15) is 47.9 Å². The van der Waals surface area contributed by atoms with Gasteiger partial charge in [-0.3, -0.25) is 38.4 Å². The largest absolute Gasteiger partial charge is 0.463 e. The van der Waals surface area contributed by atoms with Crippen molar-refractivity contribution in [2.45, 2.75) is 148 Å². The van der Waals surface area contributed by atoms with Crippen LogP contribution in [0, 0.1) is 0 Å². The van der Waals surface area contributed by atoms with Gasteiger partial charge in [0, 0.05) is 62.5 Å². The van der Waals surface area contributed by atoms with E-state index in [1.807, 2.05) is 0 Å². The minimum atomic E-state index is -2.17. The van der Waals surface area contributed by atoms with E-state index in [2.05, 4.69) is 0 Å². The van der Waals surface area contributed by atoms with E-state index in [1.54, 1.807) is 36.4 Å². The number of hydrogen-bond acceptors (Lipinski definition) is 26. The normalized spacial score (nSPS) is 26.6. The second kappa shape index (κ2) is 27.4. The number of esters is 10. The summed E-state index contributed by atoms with van der Waals surface area (Å²) in [6, 6.07) is 15.4. The van der Waals surface area contributed by atoms with E-state index >= 15 is 0 Å². The Hall–Kier alpha value is -7.10. The summed E-state index contributed by atoms with van der Waals surface area (Å²) >= 11 is 0. The fraction of sp³-hybridized carbons (Fsp3) is 0.551. The lowest BCUT2D eigenvalue weighted by molar-refractivity contribution is -0.373. The predicted octanol–water partition coefficient (Wildman–Crippen LogP) is 1.38. The lowest BCUT2D eigenvalue weighted by Gasteiger charge is -2.49. The van der Waals surface area contributed by atoms with Gasteiger partial charge in [-0.25, -0.2) is 9.59 Å². The Bertz CT molecular complexity index is 2340. The van der Waals surface area contributed by atoms with E-state index < -0.39 is 172 Å². The van der Waals surface area contributed by atoms with Crippen molar-refractivity contribution >= 4 is 59.7 Å². The van der Waals surface area contributed by atoms with Crippen LogP contribution in [0.5, 0.6) is 0 Å². The molecule has 26 nitrogen and oxygen atoms in total. The van der Waals surface area contributed by atoms with Gasteiger partial charge in [-0.2, -0.15) is 0 Å². The molecule has 0 bridgehead atoms. The van der Waals surface area contributed by atoms with Crippen molar-refractivity contribution in [2.24, 2.45) is 0 Å². The van der Waals surface area contributed by atoms with Gasteiger partial charge < -0.3 is 75.8 Å². The average molecular weight is 1060 g/mol. The number of ether oxygens (including phenoxy) is 16. The Labute approximate surface area is 428 Å². The number of methoxy groups -OCH3 is 1. The lowest BCUT2D eigenvalue weighted by Crippen LogP contribution is -2.68. The third-order valence-corrected chi connectivity index (χ3v) is 10.9. The molecular formula is C49H58O26.